The summed E-state index contributed by atoms with van der Waals surface area (Å²) in [4.78, 5) is 4.74. The second-order valence-electron chi connectivity index (χ2n) is 6.70. The average molecular weight is 293 g/mol. The van der Waals surface area contributed by atoms with Gasteiger partial charge in [-0.15, -0.1) is 0 Å². The molecule has 21 heavy (non-hydrogen) atoms. The van der Waals surface area contributed by atoms with Crippen LogP contribution < -0.4 is 5.32 Å². The minimum absolute atomic E-state index is 0.321. The lowest BCUT2D eigenvalue weighted by Gasteiger charge is -2.36. The molecule has 0 bridgehead atoms. The Bertz CT molecular complexity index is 466. The summed E-state index contributed by atoms with van der Waals surface area (Å²) in [6, 6.07) is 0.410. The van der Waals surface area contributed by atoms with E-state index in [1.165, 1.54) is 12.8 Å². The van der Waals surface area contributed by atoms with E-state index in [1.54, 1.807) is 0 Å². The van der Waals surface area contributed by atoms with Crippen LogP contribution in [0.5, 0.6) is 0 Å². The quantitative estimate of drug-likeness (QED) is 0.924. The summed E-state index contributed by atoms with van der Waals surface area (Å²) in [7, 11) is 0. The molecule has 5 heteroatoms. The first kappa shape index (κ1) is 15.0. The van der Waals surface area contributed by atoms with Crippen molar-refractivity contribution in [3.63, 3.8) is 0 Å². The van der Waals surface area contributed by atoms with Crippen LogP contribution in [0.25, 0.3) is 0 Å². The highest BCUT2D eigenvalue weighted by Gasteiger charge is 2.42. The van der Waals surface area contributed by atoms with Crippen molar-refractivity contribution in [2.24, 2.45) is 5.92 Å². The zero-order valence-corrected chi connectivity index (χ0v) is 13.4. The standard InChI is InChI=1S/C16H27N3O2/c1-4-20-16(8-5-11(2)6-9-16)15-18-14(21-19-15)13-7-10-17-12(13)3/h11-13,17H,4-10H2,1-3H3. The number of aromatic nitrogens is 2. The normalized spacial score (nSPS) is 37.0. The Morgan fingerprint density at radius 1 is 1.29 bits per heavy atom. The number of ether oxygens (including phenoxy) is 1. The van der Waals surface area contributed by atoms with Gasteiger partial charge >= 0.3 is 0 Å². The molecule has 0 aromatic carbocycles. The van der Waals surface area contributed by atoms with Crippen molar-refractivity contribution < 1.29 is 9.26 Å². The van der Waals surface area contributed by atoms with Gasteiger partial charge in [0.25, 0.3) is 0 Å². The molecule has 2 unspecified atom stereocenters. The zero-order valence-electron chi connectivity index (χ0n) is 13.4. The molecule has 1 aromatic rings. The van der Waals surface area contributed by atoms with Crippen molar-refractivity contribution in [2.45, 2.75) is 70.4 Å². The van der Waals surface area contributed by atoms with Gasteiger partial charge < -0.3 is 14.6 Å². The Morgan fingerprint density at radius 3 is 2.67 bits per heavy atom. The van der Waals surface area contributed by atoms with Gasteiger partial charge in [0.2, 0.25) is 11.7 Å². The van der Waals surface area contributed by atoms with Gasteiger partial charge in [-0.05, 0) is 58.4 Å². The van der Waals surface area contributed by atoms with E-state index in [-0.39, 0.29) is 5.60 Å². The van der Waals surface area contributed by atoms with Crippen LogP contribution in [0.4, 0.5) is 0 Å². The highest BCUT2D eigenvalue weighted by Crippen LogP contribution is 2.41. The molecule has 0 spiro atoms. The third kappa shape index (κ3) is 2.86. The van der Waals surface area contributed by atoms with Gasteiger partial charge in [0, 0.05) is 12.6 Å². The maximum absolute atomic E-state index is 6.11. The van der Waals surface area contributed by atoms with Crippen molar-refractivity contribution in [1.82, 2.24) is 15.5 Å². The SMILES string of the molecule is CCOC1(c2noc(C3CCNC3C)n2)CCC(C)CC1. The summed E-state index contributed by atoms with van der Waals surface area (Å²) in [5, 5.41) is 7.73. The predicted molar refractivity (Wildman–Crippen MR) is 80.1 cm³/mol. The van der Waals surface area contributed by atoms with E-state index in [4.69, 9.17) is 14.2 Å². The Hall–Kier alpha value is -0.940. The third-order valence-corrected chi connectivity index (χ3v) is 5.19. The molecule has 1 aliphatic carbocycles. The third-order valence-electron chi connectivity index (χ3n) is 5.19. The van der Waals surface area contributed by atoms with Crippen molar-refractivity contribution in [3.05, 3.63) is 11.7 Å². The summed E-state index contributed by atoms with van der Waals surface area (Å²) in [6.07, 6.45) is 5.41. The van der Waals surface area contributed by atoms with Crippen LogP contribution in [0, 0.1) is 5.92 Å². The van der Waals surface area contributed by atoms with Crippen LogP contribution >= 0.6 is 0 Å². The second kappa shape index (κ2) is 6.05. The number of hydrogen-bond donors (Lipinski definition) is 1. The van der Waals surface area contributed by atoms with E-state index in [2.05, 4.69) is 24.3 Å². The van der Waals surface area contributed by atoms with E-state index in [9.17, 15) is 0 Å². The van der Waals surface area contributed by atoms with Crippen LogP contribution in [-0.4, -0.2) is 29.3 Å². The van der Waals surface area contributed by atoms with Crippen molar-refractivity contribution in [2.75, 3.05) is 13.2 Å². The Morgan fingerprint density at radius 2 is 2.05 bits per heavy atom. The lowest BCUT2D eigenvalue weighted by Crippen LogP contribution is -2.35. The highest BCUT2D eigenvalue weighted by molar-refractivity contribution is 5.08. The van der Waals surface area contributed by atoms with Crippen LogP contribution in [0.15, 0.2) is 4.52 Å². The van der Waals surface area contributed by atoms with E-state index in [1.807, 2.05) is 6.92 Å². The Balaban J connectivity index is 1.82. The molecule has 118 valence electrons. The van der Waals surface area contributed by atoms with Gasteiger partial charge in [-0.2, -0.15) is 4.98 Å². The van der Waals surface area contributed by atoms with E-state index in [0.29, 0.717) is 18.6 Å². The fourth-order valence-electron chi connectivity index (χ4n) is 3.70. The molecule has 0 radical (unpaired) electrons. The molecular weight excluding hydrogens is 266 g/mol. The van der Waals surface area contributed by atoms with Crippen LogP contribution in [0.1, 0.15) is 70.5 Å². The molecule has 1 saturated carbocycles. The molecule has 2 atom stereocenters. The summed E-state index contributed by atoms with van der Waals surface area (Å²) in [5.41, 5.74) is -0.321. The molecule has 2 heterocycles. The molecule has 0 amide bonds. The molecule has 1 N–H and O–H groups in total. The first-order chi connectivity index (χ1) is 10.1. The molecular formula is C16H27N3O2. The minimum Gasteiger partial charge on any atom is -0.367 e. The molecule has 3 rings (SSSR count). The Kier molecular flexibility index (Phi) is 4.31. The van der Waals surface area contributed by atoms with Crippen LogP contribution in [0.2, 0.25) is 0 Å². The lowest BCUT2D eigenvalue weighted by molar-refractivity contribution is -0.0847. The maximum Gasteiger partial charge on any atom is 0.231 e. The highest BCUT2D eigenvalue weighted by atomic mass is 16.5. The number of rotatable bonds is 4. The van der Waals surface area contributed by atoms with Gasteiger partial charge in [-0.1, -0.05) is 12.1 Å². The van der Waals surface area contributed by atoms with Crippen LogP contribution in [-0.2, 0) is 10.3 Å². The second-order valence-corrected chi connectivity index (χ2v) is 6.70. The summed E-state index contributed by atoms with van der Waals surface area (Å²) < 4.78 is 11.7. The molecule has 2 fully saturated rings. The first-order valence-corrected chi connectivity index (χ1v) is 8.36. The minimum atomic E-state index is -0.321. The van der Waals surface area contributed by atoms with Gasteiger partial charge in [-0.3, -0.25) is 0 Å². The summed E-state index contributed by atoms with van der Waals surface area (Å²) in [5.74, 6) is 2.65. The number of nitrogens with one attached hydrogen (secondary N) is 1. The van der Waals surface area contributed by atoms with Crippen molar-refractivity contribution in [1.29, 1.82) is 0 Å². The van der Waals surface area contributed by atoms with Gasteiger partial charge in [-0.25, -0.2) is 0 Å². The first-order valence-electron chi connectivity index (χ1n) is 8.36. The molecule has 5 nitrogen and oxygen atoms in total. The molecule has 1 saturated heterocycles. The van der Waals surface area contributed by atoms with Crippen molar-refractivity contribution in [3.8, 4) is 0 Å². The smallest absolute Gasteiger partial charge is 0.231 e. The summed E-state index contributed by atoms with van der Waals surface area (Å²) in [6.45, 7) is 8.26. The predicted octanol–water partition coefficient (Wildman–Crippen LogP) is 2.98. The van der Waals surface area contributed by atoms with Crippen LogP contribution in [0.3, 0.4) is 0 Å². The molecule has 1 aromatic heterocycles. The zero-order chi connectivity index (χ0) is 14.9. The topological polar surface area (TPSA) is 60.2 Å². The van der Waals surface area contributed by atoms with E-state index in [0.717, 1.165) is 43.4 Å². The molecule has 2 aliphatic rings. The molecule has 1 aliphatic heterocycles. The van der Waals surface area contributed by atoms with Crippen molar-refractivity contribution >= 4 is 0 Å². The largest absolute Gasteiger partial charge is 0.367 e. The van der Waals surface area contributed by atoms with E-state index >= 15 is 0 Å². The van der Waals surface area contributed by atoms with Gasteiger partial charge in [0.05, 0.1) is 5.92 Å². The van der Waals surface area contributed by atoms with E-state index < -0.39 is 0 Å². The Labute approximate surface area is 126 Å². The van der Waals surface area contributed by atoms with Gasteiger partial charge in [0.15, 0.2) is 0 Å². The maximum atomic E-state index is 6.11. The number of nitrogens with zero attached hydrogens (tertiary/aromatic N) is 2. The summed E-state index contributed by atoms with van der Waals surface area (Å²) >= 11 is 0. The van der Waals surface area contributed by atoms with Gasteiger partial charge in [0.1, 0.15) is 5.60 Å². The lowest BCUT2D eigenvalue weighted by atomic mass is 9.79. The fraction of sp³-hybridized carbons (Fsp3) is 0.875. The average Bonchev–Trinajstić information content (AvgIpc) is 3.10. The fourth-order valence-corrected chi connectivity index (χ4v) is 3.70. The number of hydrogen-bond acceptors (Lipinski definition) is 5. The monoisotopic (exact) mass is 293 g/mol.